The molecule has 0 fully saturated rings. The summed E-state index contributed by atoms with van der Waals surface area (Å²) >= 11 is 10.4. The molecule has 22 nitrogen and oxygen atoms in total. The lowest BCUT2D eigenvalue weighted by Gasteiger charge is -2.33. The molecular weight excluding hydrogens is 1540 g/mol. The Labute approximate surface area is 615 Å². The van der Waals surface area contributed by atoms with Gasteiger partial charge in [-0.2, -0.15) is 0 Å². The lowest BCUT2D eigenvalue weighted by molar-refractivity contribution is -0.118. The second-order valence-corrected chi connectivity index (χ2v) is 32.9. The first kappa shape index (κ1) is 75.0. The van der Waals surface area contributed by atoms with Gasteiger partial charge in [0.1, 0.15) is 55.2 Å². The van der Waals surface area contributed by atoms with E-state index in [1.807, 2.05) is 118 Å². The molecule has 0 atom stereocenters. The molecule has 0 unspecified atom stereocenters. The monoisotopic (exact) mass is 1620 g/mol. The van der Waals surface area contributed by atoms with E-state index in [4.69, 9.17) is 29.4 Å². The molecule has 0 saturated heterocycles. The highest BCUT2D eigenvalue weighted by Gasteiger charge is 2.29. The van der Waals surface area contributed by atoms with Gasteiger partial charge in [-0.25, -0.2) is 40.2 Å². The number of anilines is 10. The zero-order valence-corrected chi connectivity index (χ0v) is 64.9. The maximum absolute atomic E-state index is 11.9. The van der Waals surface area contributed by atoms with Crippen LogP contribution in [-0.2, 0) is 40.9 Å². The molecule has 532 valence electrons. The summed E-state index contributed by atoms with van der Waals surface area (Å²) < 4.78 is 102. The van der Waals surface area contributed by atoms with Crippen molar-refractivity contribution < 1.29 is 53.7 Å². The summed E-state index contributed by atoms with van der Waals surface area (Å²) in [5, 5.41) is 9.96. The van der Waals surface area contributed by atoms with Crippen LogP contribution in [0.2, 0.25) is 0 Å². The van der Waals surface area contributed by atoms with E-state index >= 15 is 0 Å². The highest BCUT2D eigenvalue weighted by molar-refractivity contribution is 9.11. The highest BCUT2D eigenvalue weighted by Crippen LogP contribution is 2.46. The number of aryl methyl sites for hydroxylation is 3. The summed E-state index contributed by atoms with van der Waals surface area (Å²) in [6.45, 7) is 21.5. The lowest BCUT2D eigenvalue weighted by atomic mass is 10.1. The molecule has 0 spiro atoms. The van der Waals surface area contributed by atoms with Gasteiger partial charge in [0, 0.05) is 56.6 Å². The number of amides is 1. The van der Waals surface area contributed by atoms with Crippen molar-refractivity contribution >= 4 is 140 Å². The van der Waals surface area contributed by atoms with E-state index in [0.717, 1.165) is 142 Å². The van der Waals surface area contributed by atoms with E-state index in [-0.39, 0.29) is 27.6 Å². The molecular formula is C73H79Br3N10O12S3. The van der Waals surface area contributed by atoms with E-state index in [1.54, 1.807) is 39.4 Å². The number of carbonyl (C=O) groups excluding carboxylic acids is 1. The first-order chi connectivity index (χ1) is 47.9. The molecule has 3 aromatic heterocycles. The average molecular weight is 1620 g/mol. The number of ether oxygens (including phenoxy) is 5. The van der Waals surface area contributed by atoms with E-state index in [0.29, 0.717) is 61.8 Å². The third kappa shape index (κ3) is 17.5. The zero-order chi connectivity index (χ0) is 72.8. The van der Waals surface area contributed by atoms with Crippen LogP contribution in [0.3, 0.4) is 0 Å². The highest BCUT2D eigenvalue weighted by atomic mass is 79.9. The smallest absolute Gasteiger partial charge is 0.262 e. The fourth-order valence-corrected chi connectivity index (χ4v) is 15.7. The van der Waals surface area contributed by atoms with E-state index < -0.39 is 29.5 Å². The largest absolute Gasteiger partial charge is 0.490 e. The maximum Gasteiger partial charge on any atom is 0.262 e. The molecule has 5 aliphatic rings. The van der Waals surface area contributed by atoms with Crippen LogP contribution in [-0.4, -0.2) is 124 Å². The molecule has 14 rings (SSSR count). The quantitative estimate of drug-likeness (QED) is 0.0977. The van der Waals surface area contributed by atoms with Crippen molar-refractivity contribution in [1.82, 2.24) is 15.0 Å². The number of nitrogens with two attached hydrogens (primary N) is 1. The number of nitrogens with one attached hydrogen (secondary N) is 3. The minimum absolute atomic E-state index is 0.103. The van der Waals surface area contributed by atoms with Crippen molar-refractivity contribution in [3.8, 4) is 28.7 Å². The summed E-state index contributed by atoms with van der Waals surface area (Å²) in [7, 11) is -10.0. The number of rotatable bonds is 9. The summed E-state index contributed by atoms with van der Waals surface area (Å²) in [5.41, 5.74) is 23.5. The fraction of sp³-hybridized carbons (Fsp3) is 0.288. The molecule has 6 aromatic carbocycles. The zero-order valence-electron chi connectivity index (χ0n) is 57.7. The van der Waals surface area contributed by atoms with Crippen molar-refractivity contribution in [3.05, 3.63) is 191 Å². The minimum atomic E-state index is -3.35. The van der Waals surface area contributed by atoms with Gasteiger partial charge in [0.15, 0.2) is 51.2 Å². The van der Waals surface area contributed by atoms with Gasteiger partial charge < -0.3 is 60.1 Å². The minimum Gasteiger partial charge on any atom is -0.490 e. The van der Waals surface area contributed by atoms with Crippen molar-refractivity contribution in [1.29, 1.82) is 0 Å². The Morgan fingerprint density at radius 2 is 0.871 bits per heavy atom. The van der Waals surface area contributed by atoms with Crippen LogP contribution >= 0.6 is 47.8 Å². The van der Waals surface area contributed by atoms with Gasteiger partial charge >= 0.3 is 0 Å². The molecule has 1 amide bonds. The number of sulfone groups is 3. The SMILES string of the molecule is Cc1c(Br)ccc2c1NC(=O)CO2.Cc1c(Br)ccc2c1NCCO2.Cc1cc(N2CCOc3ccc(Br)c(C)c32)cnc1S(C)(=O)=O.Cc1cc(N2CCOc3ccc(N)c(C)c32)cnc1S(C)(=O)=O.Cc1cc(N2CCOc3ccc(NCc4ccccc4)c(C)c32)cnc1S(C)(=O)=O. The number of hydrogen-bond donors (Lipinski definition) is 4. The summed E-state index contributed by atoms with van der Waals surface area (Å²) in [6, 6.07) is 35.2. The Balaban J connectivity index is 0.000000141. The molecule has 0 radical (unpaired) electrons. The number of fused-ring (bicyclic) bond motifs is 5. The number of nitrogens with zero attached hydrogens (tertiary/aromatic N) is 6. The lowest BCUT2D eigenvalue weighted by Crippen LogP contribution is -2.29. The Morgan fingerprint density at radius 3 is 1.34 bits per heavy atom. The molecule has 5 N–H and O–H groups in total. The Morgan fingerprint density at radius 1 is 0.475 bits per heavy atom. The number of benzene rings is 6. The van der Waals surface area contributed by atoms with Crippen LogP contribution in [0.4, 0.5) is 56.9 Å². The predicted molar refractivity (Wildman–Crippen MR) is 409 cm³/mol. The van der Waals surface area contributed by atoms with Crippen molar-refractivity contribution in [2.75, 3.05) is 114 Å². The summed E-state index contributed by atoms with van der Waals surface area (Å²) in [4.78, 5) is 29.9. The number of halogens is 3. The topological polar surface area (TPSA) is 276 Å². The van der Waals surface area contributed by atoms with Crippen molar-refractivity contribution in [3.63, 3.8) is 0 Å². The number of aromatic nitrogens is 3. The van der Waals surface area contributed by atoms with Gasteiger partial charge in [0.05, 0.1) is 83.7 Å². The van der Waals surface area contributed by atoms with Crippen molar-refractivity contribution in [2.24, 2.45) is 0 Å². The van der Waals surface area contributed by atoms with Crippen LogP contribution in [0.15, 0.2) is 156 Å². The molecule has 101 heavy (non-hydrogen) atoms. The van der Waals surface area contributed by atoms with Gasteiger partial charge in [-0.1, -0.05) is 78.1 Å². The van der Waals surface area contributed by atoms with Gasteiger partial charge in [-0.05, 0) is 184 Å². The van der Waals surface area contributed by atoms with Gasteiger partial charge in [-0.3, -0.25) is 4.79 Å². The van der Waals surface area contributed by atoms with Gasteiger partial charge in [0.25, 0.3) is 5.91 Å². The summed E-state index contributed by atoms with van der Waals surface area (Å²) in [6.07, 6.45) is 8.34. The molecule has 0 bridgehead atoms. The van der Waals surface area contributed by atoms with E-state index in [9.17, 15) is 30.0 Å². The number of pyridine rings is 3. The Hall–Kier alpha value is -8.67. The molecule has 0 aliphatic carbocycles. The van der Waals surface area contributed by atoms with Crippen LogP contribution < -0.4 is 60.1 Å². The fourth-order valence-electron chi connectivity index (χ4n) is 12.1. The Bertz CT molecular complexity index is 4850. The average Bonchev–Trinajstić information content (AvgIpc) is 0.778. The third-order valence-corrected chi connectivity index (χ3v) is 23.0. The van der Waals surface area contributed by atoms with Gasteiger partial charge in [-0.15, -0.1) is 0 Å². The normalized spacial score (nSPS) is 14.1. The number of nitrogen functional groups attached to an aromatic ring is 1. The van der Waals surface area contributed by atoms with Crippen LogP contribution in [0.1, 0.15) is 50.1 Å². The summed E-state index contributed by atoms with van der Waals surface area (Å²) in [5.74, 6) is 4.00. The molecule has 5 aliphatic heterocycles. The van der Waals surface area contributed by atoms with E-state index in [2.05, 4.69) is 119 Å². The second kappa shape index (κ2) is 31.7. The molecule has 28 heteroatoms. The second-order valence-electron chi connectivity index (χ2n) is 24.5. The third-order valence-electron chi connectivity index (χ3n) is 17.1. The molecule has 8 heterocycles. The maximum atomic E-state index is 11.9. The molecule has 9 aromatic rings. The number of carbonyl (C=O) groups is 1. The molecule has 0 saturated carbocycles. The number of hydrogen-bond acceptors (Lipinski definition) is 21. The van der Waals surface area contributed by atoms with Crippen molar-refractivity contribution in [2.45, 2.75) is 77.0 Å². The first-order valence-corrected chi connectivity index (χ1v) is 40.1. The first-order valence-electron chi connectivity index (χ1n) is 32.1. The standard InChI is InChI=1S/C23H25N3O3S.C16H17BrN2O3S.C16H19N3O3S.C9H8BrNO2.C9H10BrNO/c1-16-13-19(15-25-23(16)30(3,27)28)26-11-12-29-21-10-9-20(17(2)22(21)26)24-14-18-7-5-4-6-8-18;2*1-10-8-12(9-18-16(10)23(3,20)21)19-6-7-22-14-5-4-13(17)11(2)15(14)19;1-5-6(10)2-3-7-9(5)11-8(12)4-13-7;1-6-7(10)2-3-8-9(6)11-4-5-12-8/h4-10,13,15,24H,11-12,14H2,1-3H3;4-5,8-9H,6-7H2,1-3H3;4-5,8-9H,6-7,17H2,1-3H3;2-3H,4H2,1H3,(H,11,12);2-3,11H,4-5H2,1H3. The van der Waals surface area contributed by atoms with Crippen LogP contribution in [0, 0.1) is 55.4 Å². The van der Waals surface area contributed by atoms with Gasteiger partial charge in [0.2, 0.25) is 0 Å². The van der Waals surface area contributed by atoms with E-state index in [1.165, 1.54) is 23.6 Å². The van der Waals surface area contributed by atoms with Crippen LogP contribution in [0.25, 0.3) is 0 Å². The Kier molecular flexibility index (Phi) is 23.5. The predicted octanol–water partition coefficient (Wildman–Crippen LogP) is 14.5. The van der Waals surface area contributed by atoms with Crippen LogP contribution in [0.5, 0.6) is 28.7 Å².